The zero-order valence-electron chi connectivity index (χ0n) is 12.0. The van der Waals surface area contributed by atoms with Crippen LogP contribution in [0.15, 0.2) is 51.9 Å². The van der Waals surface area contributed by atoms with Crippen LogP contribution in [-0.2, 0) is 16.6 Å². The molecule has 7 nitrogen and oxygen atoms in total. The molecular formula is C14H10Cl2N4O3S. The molecule has 0 unspecified atom stereocenters. The standard InChI is InChI=1S/C14H10Cl2N4O3S/c15-10-5-4-9(7-11(10)16)24(21,22)18-8-13-19-20-14(23-13)12-3-1-2-6-17-12/h1-7,18H,8H2. The van der Waals surface area contributed by atoms with Gasteiger partial charge in [-0.25, -0.2) is 13.1 Å². The van der Waals surface area contributed by atoms with Crippen LogP contribution in [0.5, 0.6) is 0 Å². The molecule has 0 aliphatic rings. The van der Waals surface area contributed by atoms with Crippen molar-refractivity contribution in [2.24, 2.45) is 0 Å². The molecule has 0 atom stereocenters. The molecule has 24 heavy (non-hydrogen) atoms. The quantitative estimate of drug-likeness (QED) is 0.725. The second kappa shape index (κ2) is 6.86. The van der Waals surface area contributed by atoms with Crippen molar-refractivity contribution in [2.45, 2.75) is 11.4 Å². The lowest BCUT2D eigenvalue weighted by molar-refractivity contribution is 0.493. The number of nitrogens with zero attached hydrogens (tertiary/aromatic N) is 3. The Labute approximate surface area is 147 Å². The largest absolute Gasteiger partial charge is 0.418 e. The van der Waals surface area contributed by atoms with Gasteiger partial charge in [-0.3, -0.25) is 4.98 Å². The van der Waals surface area contributed by atoms with Gasteiger partial charge in [-0.05, 0) is 30.3 Å². The fourth-order valence-corrected chi connectivity index (χ4v) is 3.17. The molecular weight excluding hydrogens is 375 g/mol. The van der Waals surface area contributed by atoms with Gasteiger partial charge >= 0.3 is 0 Å². The third-order valence-electron chi connectivity index (χ3n) is 2.97. The summed E-state index contributed by atoms with van der Waals surface area (Å²) in [6.07, 6.45) is 1.59. The smallest absolute Gasteiger partial charge is 0.266 e. The maximum atomic E-state index is 12.2. The fraction of sp³-hybridized carbons (Fsp3) is 0.0714. The number of aromatic nitrogens is 3. The summed E-state index contributed by atoms with van der Waals surface area (Å²) in [5, 5.41) is 8.04. The highest BCUT2D eigenvalue weighted by Crippen LogP contribution is 2.24. The van der Waals surface area contributed by atoms with Crippen LogP contribution in [0.4, 0.5) is 0 Å². The molecule has 0 aliphatic heterocycles. The summed E-state index contributed by atoms with van der Waals surface area (Å²) in [6, 6.07) is 9.26. The molecule has 0 amide bonds. The highest BCUT2D eigenvalue weighted by atomic mass is 35.5. The zero-order chi connectivity index (χ0) is 17.2. The molecule has 0 bridgehead atoms. The van der Waals surface area contributed by atoms with Gasteiger partial charge in [0.2, 0.25) is 15.9 Å². The van der Waals surface area contributed by atoms with E-state index in [1.807, 2.05) is 0 Å². The first-order valence-corrected chi connectivity index (χ1v) is 8.88. The predicted octanol–water partition coefficient (Wildman–Crippen LogP) is 2.92. The predicted molar refractivity (Wildman–Crippen MR) is 88.0 cm³/mol. The van der Waals surface area contributed by atoms with Crippen molar-refractivity contribution in [3.8, 4) is 11.6 Å². The van der Waals surface area contributed by atoms with Crippen molar-refractivity contribution in [3.63, 3.8) is 0 Å². The number of rotatable bonds is 5. The summed E-state index contributed by atoms with van der Waals surface area (Å²) < 4.78 is 32.2. The van der Waals surface area contributed by atoms with E-state index < -0.39 is 10.0 Å². The summed E-state index contributed by atoms with van der Waals surface area (Å²) in [5.41, 5.74) is 0.503. The lowest BCUT2D eigenvalue weighted by atomic mass is 10.3. The Morgan fingerprint density at radius 2 is 1.92 bits per heavy atom. The molecule has 0 aliphatic carbocycles. The van der Waals surface area contributed by atoms with E-state index in [1.54, 1.807) is 24.4 Å². The van der Waals surface area contributed by atoms with Gasteiger partial charge in [0.15, 0.2) is 0 Å². The van der Waals surface area contributed by atoms with E-state index >= 15 is 0 Å². The Morgan fingerprint density at radius 1 is 1.08 bits per heavy atom. The lowest BCUT2D eigenvalue weighted by Crippen LogP contribution is -2.23. The van der Waals surface area contributed by atoms with Gasteiger partial charge in [0.05, 0.1) is 21.5 Å². The van der Waals surface area contributed by atoms with E-state index in [2.05, 4.69) is 19.9 Å². The molecule has 0 saturated heterocycles. The Hall–Kier alpha value is -2.00. The lowest BCUT2D eigenvalue weighted by Gasteiger charge is -2.05. The van der Waals surface area contributed by atoms with E-state index in [4.69, 9.17) is 27.6 Å². The van der Waals surface area contributed by atoms with Crippen LogP contribution >= 0.6 is 23.2 Å². The zero-order valence-corrected chi connectivity index (χ0v) is 14.3. The van der Waals surface area contributed by atoms with Crippen LogP contribution in [0.25, 0.3) is 11.6 Å². The molecule has 0 saturated carbocycles. The minimum Gasteiger partial charge on any atom is -0.418 e. The van der Waals surface area contributed by atoms with E-state index in [-0.39, 0.29) is 33.3 Å². The Kier molecular flexibility index (Phi) is 4.81. The van der Waals surface area contributed by atoms with Crippen LogP contribution in [-0.4, -0.2) is 23.6 Å². The SMILES string of the molecule is O=S(=O)(NCc1nnc(-c2ccccn2)o1)c1ccc(Cl)c(Cl)c1. The van der Waals surface area contributed by atoms with Crippen molar-refractivity contribution in [1.29, 1.82) is 0 Å². The van der Waals surface area contributed by atoms with Gasteiger partial charge in [0.1, 0.15) is 5.69 Å². The topological polar surface area (TPSA) is 98.0 Å². The van der Waals surface area contributed by atoms with Gasteiger partial charge in [0, 0.05) is 6.20 Å². The first-order chi connectivity index (χ1) is 11.5. The molecule has 2 aromatic heterocycles. The normalized spacial score (nSPS) is 11.6. The van der Waals surface area contributed by atoms with Crippen LogP contribution in [0.3, 0.4) is 0 Å². The van der Waals surface area contributed by atoms with Gasteiger partial charge in [-0.1, -0.05) is 29.3 Å². The van der Waals surface area contributed by atoms with Crippen LogP contribution in [0.1, 0.15) is 5.89 Å². The van der Waals surface area contributed by atoms with Gasteiger partial charge in [-0.15, -0.1) is 10.2 Å². The van der Waals surface area contributed by atoms with E-state index in [1.165, 1.54) is 18.2 Å². The number of sulfonamides is 1. The van der Waals surface area contributed by atoms with Crippen molar-refractivity contribution < 1.29 is 12.8 Å². The summed E-state index contributed by atoms with van der Waals surface area (Å²) in [7, 11) is -3.79. The molecule has 0 radical (unpaired) electrons. The molecule has 3 aromatic rings. The molecule has 0 fully saturated rings. The second-order valence-corrected chi connectivity index (χ2v) is 7.20. The van der Waals surface area contributed by atoms with Crippen molar-refractivity contribution in [3.05, 3.63) is 58.5 Å². The number of pyridine rings is 1. The minimum absolute atomic E-state index is 0.0126. The van der Waals surface area contributed by atoms with Crippen LogP contribution in [0.2, 0.25) is 10.0 Å². The first-order valence-electron chi connectivity index (χ1n) is 6.64. The summed E-state index contributed by atoms with van der Waals surface area (Å²) in [5.74, 6) is 0.318. The average Bonchev–Trinajstić information content (AvgIpc) is 3.05. The van der Waals surface area contributed by atoms with Crippen LogP contribution < -0.4 is 4.72 Å². The van der Waals surface area contributed by atoms with Gasteiger partial charge in [0.25, 0.3) is 5.89 Å². The number of benzene rings is 1. The molecule has 3 rings (SSSR count). The number of halogens is 2. The fourth-order valence-electron chi connectivity index (χ4n) is 1.80. The molecule has 124 valence electrons. The van der Waals surface area contributed by atoms with E-state index in [9.17, 15) is 8.42 Å². The third-order valence-corrected chi connectivity index (χ3v) is 5.10. The molecule has 10 heteroatoms. The third kappa shape index (κ3) is 3.73. The second-order valence-electron chi connectivity index (χ2n) is 4.62. The van der Waals surface area contributed by atoms with Crippen molar-refractivity contribution in [1.82, 2.24) is 19.9 Å². The van der Waals surface area contributed by atoms with E-state index in [0.717, 1.165) is 0 Å². The van der Waals surface area contributed by atoms with Crippen molar-refractivity contribution >= 4 is 33.2 Å². The number of nitrogens with one attached hydrogen (secondary N) is 1. The Morgan fingerprint density at radius 3 is 2.62 bits per heavy atom. The number of hydrogen-bond acceptors (Lipinski definition) is 6. The summed E-state index contributed by atoms with van der Waals surface area (Å²) >= 11 is 11.6. The van der Waals surface area contributed by atoms with Crippen LogP contribution in [0, 0.1) is 0 Å². The monoisotopic (exact) mass is 384 g/mol. The molecule has 2 heterocycles. The highest BCUT2D eigenvalue weighted by molar-refractivity contribution is 7.89. The average molecular weight is 385 g/mol. The first kappa shape index (κ1) is 16.8. The highest BCUT2D eigenvalue weighted by Gasteiger charge is 2.17. The molecule has 1 N–H and O–H groups in total. The summed E-state index contributed by atoms with van der Waals surface area (Å²) in [4.78, 5) is 4.06. The summed E-state index contributed by atoms with van der Waals surface area (Å²) in [6.45, 7) is -0.164. The van der Waals surface area contributed by atoms with Crippen molar-refractivity contribution in [2.75, 3.05) is 0 Å². The Bertz CT molecular complexity index is 961. The van der Waals surface area contributed by atoms with Gasteiger partial charge < -0.3 is 4.42 Å². The Balaban J connectivity index is 1.73. The maximum Gasteiger partial charge on any atom is 0.266 e. The van der Waals surface area contributed by atoms with E-state index in [0.29, 0.717) is 5.69 Å². The number of hydrogen-bond donors (Lipinski definition) is 1. The maximum absolute atomic E-state index is 12.2. The minimum atomic E-state index is -3.79. The van der Waals surface area contributed by atoms with Gasteiger partial charge in [-0.2, -0.15) is 0 Å². The molecule has 1 aromatic carbocycles. The molecule has 0 spiro atoms.